The number of nitrogens with one attached hydrogen (secondary N) is 1. The van der Waals surface area contributed by atoms with Crippen molar-refractivity contribution in [2.75, 3.05) is 18.0 Å². The molecule has 2 aromatic carbocycles. The average Bonchev–Trinajstić information content (AvgIpc) is 3.18. The predicted molar refractivity (Wildman–Crippen MR) is 119 cm³/mol. The fourth-order valence-corrected chi connectivity index (χ4v) is 3.66. The second-order valence-electron chi connectivity index (χ2n) is 7.68. The summed E-state index contributed by atoms with van der Waals surface area (Å²) < 4.78 is 1.35. The molecule has 1 aliphatic rings. The lowest BCUT2D eigenvalue weighted by Crippen LogP contribution is -2.36. The summed E-state index contributed by atoms with van der Waals surface area (Å²) >= 11 is 0. The van der Waals surface area contributed by atoms with Gasteiger partial charge in [-0.05, 0) is 25.1 Å². The molecule has 158 valence electrons. The van der Waals surface area contributed by atoms with Gasteiger partial charge in [0, 0.05) is 36.8 Å². The lowest BCUT2D eigenvalue weighted by molar-refractivity contribution is -0.126. The van der Waals surface area contributed by atoms with Crippen molar-refractivity contribution in [1.82, 2.24) is 15.1 Å². The van der Waals surface area contributed by atoms with E-state index in [4.69, 9.17) is 0 Å². The number of benzene rings is 2. The number of anilines is 1. The molecule has 0 aliphatic carbocycles. The molecular weight excluding hydrogens is 392 g/mol. The van der Waals surface area contributed by atoms with Crippen molar-refractivity contribution < 1.29 is 9.59 Å². The van der Waals surface area contributed by atoms with E-state index in [9.17, 15) is 14.4 Å². The van der Waals surface area contributed by atoms with Gasteiger partial charge in [-0.1, -0.05) is 48.0 Å². The van der Waals surface area contributed by atoms with E-state index in [-0.39, 0.29) is 36.9 Å². The number of amides is 2. The smallest absolute Gasteiger partial charge is 0.266 e. The Kier molecular flexibility index (Phi) is 5.93. The summed E-state index contributed by atoms with van der Waals surface area (Å²) in [5.41, 5.74) is 3.31. The third-order valence-corrected chi connectivity index (χ3v) is 5.40. The van der Waals surface area contributed by atoms with Gasteiger partial charge in [-0.15, -0.1) is 0 Å². The summed E-state index contributed by atoms with van der Waals surface area (Å²) in [5, 5.41) is 7.24. The Labute approximate surface area is 180 Å². The average molecular weight is 416 g/mol. The number of nitrogens with zero attached hydrogens (tertiary/aromatic N) is 3. The van der Waals surface area contributed by atoms with Gasteiger partial charge in [0.25, 0.3) is 5.56 Å². The third kappa shape index (κ3) is 4.71. The molecule has 1 unspecified atom stereocenters. The predicted octanol–water partition coefficient (Wildman–Crippen LogP) is 2.39. The Morgan fingerprint density at radius 2 is 1.77 bits per heavy atom. The maximum Gasteiger partial charge on any atom is 0.266 e. The van der Waals surface area contributed by atoms with Gasteiger partial charge in [-0.3, -0.25) is 14.4 Å². The summed E-state index contributed by atoms with van der Waals surface area (Å²) in [5.74, 6) is -0.651. The molecule has 0 saturated carbocycles. The van der Waals surface area contributed by atoms with Crippen molar-refractivity contribution in [2.24, 2.45) is 5.92 Å². The van der Waals surface area contributed by atoms with Crippen LogP contribution in [0.1, 0.15) is 12.0 Å². The van der Waals surface area contributed by atoms with E-state index in [2.05, 4.69) is 10.4 Å². The van der Waals surface area contributed by atoms with Crippen LogP contribution in [0.3, 0.4) is 0 Å². The van der Waals surface area contributed by atoms with Gasteiger partial charge in [0.2, 0.25) is 11.8 Å². The van der Waals surface area contributed by atoms with Gasteiger partial charge in [-0.25, -0.2) is 4.68 Å². The number of rotatable bonds is 6. The van der Waals surface area contributed by atoms with Crippen LogP contribution < -0.4 is 15.8 Å². The lowest BCUT2D eigenvalue weighted by atomic mass is 10.1. The molecule has 7 heteroatoms. The summed E-state index contributed by atoms with van der Waals surface area (Å²) in [6.45, 7) is 2.86. The molecule has 1 aliphatic heterocycles. The molecule has 1 atom stereocenters. The maximum atomic E-state index is 12.6. The van der Waals surface area contributed by atoms with Crippen LogP contribution in [0.4, 0.5) is 5.69 Å². The molecule has 1 N–H and O–H groups in total. The first-order valence-corrected chi connectivity index (χ1v) is 10.3. The number of carbonyl (C=O) groups excluding carboxylic acids is 2. The molecule has 1 fully saturated rings. The zero-order valence-electron chi connectivity index (χ0n) is 17.3. The molecule has 3 aromatic rings. The molecule has 4 rings (SSSR count). The van der Waals surface area contributed by atoms with Crippen LogP contribution in [0, 0.1) is 12.8 Å². The van der Waals surface area contributed by atoms with Gasteiger partial charge in [0.15, 0.2) is 0 Å². The fourth-order valence-electron chi connectivity index (χ4n) is 3.66. The molecular formula is C24H24N4O3. The highest BCUT2D eigenvalue weighted by molar-refractivity contribution is 6.00. The molecule has 0 radical (unpaired) electrons. The van der Waals surface area contributed by atoms with E-state index in [1.807, 2.05) is 61.5 Å². The molecule has 2 amide bonds. The van der Waals surface area contributed by atoms with Crippen LogP contribution in [0.15, 0.2) is 71.5 Å². The zero-order valence-corrected chi connectivity index (χ0v) is 17.3. The zero-order chi connectivity index (χ0) is 21.8. The molecule has 31 heavy (non-hydrogen) atoms. The SMILES string of the molecule is Cc1ccc(N2CC(C(=O)NCCn3nc(-c4ccccc4)ccc3=O)CC2=O)cc1. The van der Waals surface area contributed by atoms with E-state index >= 15 is 0 Å². The molecule has 7 nitrogen and oxygen atoms in total. The summed E-state index contributed by atoms with van der Waals surface area (Å²) in [4.78, 5) is 38.8. The van der Waals surface area contributed by atoms with Crippen LogP contribution in [-0.2, 0) is 16.1 Å². The standard InChI is InChI=1S/C24H24N4O3/c1-17-7-9-20(10-8-17)27-16-19(15-23(27)30)24(31)25-13-14-28-22(29)12-11-21(26-28)18-5-3-2-4-6-18/h2-12,19H,13-16H2,1H3,(H,25,31). The Hall–Kier alpha value is -3.74. The van der Waals surface area contributed by atoms with Gasteiger partial charge >= 0.3 is 0 Å². The minimum Gasteiger partial charge on any atom is -0.354 e. The molecule has 2 heterocycles. The number of aryl methyl sites for hydroxylation is 1. The second kappa shape index (κ2) is 8.95. The first kappa shape index (κ1) is 20.5. The number of hydrogen-bond donors (Lipinski definition) is 1. The normalized spacial score (nSPS) is 15.8. The summed E-state index contributed by atoms with van der Waals surface area (Å²) in [6, 6.07) is 20.5. The highest BCUT2D eigenvalue weighted by Crippen LogP contribution is 2.25. The maximum absolute atomic E-state index is 12.6. The Morgan fingerprint density at radius 1 is 1.03 bits per heavy atom. The Balaban J connectivity index is 1.35. The summed E-state index contributed by atoms with van der Waals surface area (Å²) in [7, 11) is 0. The van der Waals surface area contributed by atoms with Gasteiger partial charge in [0.1, 0.15) is 0 Å². The van der Waals surface area contributed by atoms with Crippen LogP contribution in [0.5, 0.6) is 0 Å². The molecule has 0 bridgehead atoms. The molecule has 1 aromatic heterocycles. The van der Waals surface area contributed by atoms with E-state index in [1.54, 1.807) is 11.0 Å². The first-order chi connectivity index (χ1) is 15.0. The lowest BCUT2D eigenvalue weighted by Gasteiger charge is -2.17. The van der Waals surface area contributed by atoms with E-state index in [0.29, 0.717) is 12.2 Å². The van der Waals surface area contributed by atoms with Gasteiger partial charge in [0.05, 0.1) is 18.2 Å². The molecule has 1 saturated heterocycles. The quantitative estimate of drug-likeness (QED) is 0.669. The number of carbonyl (C=O) groups is 2. The Morgan fingerprint density at radius 3 is 2.52 bits per heavy atom. The van der Waals surface area contributed by atoms with Crippen molar-refractivity contribution >= 4 is 17.5 Å². The van der Waals surface area contributed by atoms with Crippen molar-refractivity contribution in [1.29, 1.82) is 0 Å². The van der Waals surface area contributed by atoms with Crippen LogP contribution in [0.2, 0.25) is 0 Å². The van der Waals surface area contributed by atoms with Crippen LogP contribution in [-0.4, -0.2) is 34.7 Å². The fraction of sp³-hybridized carbons (Fsp3) is 0.250. The van der Waals surface area contributed by atoms with Gasteiger partial charge < -0.3 is 10.2 Å². The number of aromatic nitrogens is 2. The van der Waals surface area contributed by atoms with Crippen molar-refractivity contribution in [3.8, 4) is 11.3 Å². The largest absolute Gasteiger partial charge is 0.354 e. The van der Waals surface area contributed by atoms with E-state index in [1.165, 1.54) is 10.7 Å². The minimum atomic E-state index is -0.408. The highest BCUT2D eigenvalue weighted by Gasteiger charge is 2.34. The monoisotopic (exact) mass is 416 g/mol. The topological polar surface area (TPSA) is 84.3 Å². The number of hydrogen-bond acceptors (Lipinski definition) is 4. The van der Waals surface area contributed by atoms with Crippen molar-refractivity contribution in [2.45, 2.75) is 19.9 Å². The Bertz CT molecular complexity index is 1140. The van der Waals surface area contributed by atoms with E-state index < -0.39 is 5.92 Å². The van der Waals surface area contributed by atoms with Gasteiger partial charge in [-0.2, -0.15) is 5.10 Å². The third-order valence-electron chi connectivity index (χ3n) is 5.40. The van der Waals surface area contributed by atoms with E-state index in [0.717, 1.165) is 16.8 Å². The minimum absolute atomic E-state index is 0.0579. The highest BCUT2D eigenvalue weighted by atomic mass is 16.2. The van der Waals surface area contributed by atoms with Crippen molar-refractivity contribution in [3.05, 3.63) is 82.6 Å². The summed E-state index contributed by atoms with van der Waals surface area (Å²) in [6.07, 6.45) is 0.182. The first-order valence-electron chi connectivity index (χ1n) is 10.3. The van der Waals surface area contributed by atoms with Crippen LogP contribution >= 0.6 is 0 Å². The van der Waals surface area contributed by atoms with Crippen molar-refractivity contribution in [3.63, 3.8) is 0 Å². The van der Waals surface area contributed by atoms with Crippen LogP contribution in [0.25, 0.3) is 11.3 Å². The second-order valence-corrected chi connectivity index (χ2v) is 7.68. The molecule has 0 spiro atoms.